The average molecular weight is 522 g/mol. The highest BCUT2D eigenvalue weighted by atomic mass is 19.1. The van der Waals surface area contributed by atoms with Crippen LogP contribution in [0.3, 0.4) is 0 Å². The standard InChI is InChI=1S/C25H29F2N3O7/c1-30(2)15-5-11(9-29-13(7-26)8-27)20(32)18-14(15)4-10-3-12-6-16(31)19(24(28)36)23(35)25(12,37)22(34)17(10)21(18)33/h5,10,12-13,29,32-33,35,37H,3-4,6-9H2,1-2H3,(H2,28,36)/t10?,12-,25-/m0/s1. The monoisotopic (exact) mass is 521 g/mol. The molecule has 4 rings (SSSR count). The second kappa shape index (κ2) is 9.42. The molecule has 10 nitrogen and oxygen atoms in total. The van der Waals surface area contributed by atoms with Gasteiger partial charge in [0.15, 0.2) is 11.4 Å². The highest BCUT2D eigenvalue weighted by Crippen LogP contribution is 2.53. The van der Waals surface area contributed by atoms with E-state index in [1.54, 1.807) is 25.1 Å². The van der Waals surface area contributed by atoms with E-state index in [-0.39, 0.29) is 36.1 Å². The number of aliphatic hydroxyl groups excluding tert-OH is 2. The molecule has 0 saturated heterocycles. The number of benzene rings is 1. The Bertz CT molecular complexity index is 1260. The minimum atomic E-state index is -2.65. The van der Waals surface area contributed by atoms with Crippen molar-refractivity contribution in [1.29, 1.82) is 0 Å². The first-order valence-corrected chi connectivity index (χ1v) is 11.8. The second-order valence-corrected chi connectivity index (χ2v) is 9.94. The number of primary amides is 1. The first-order valence-electron chi connectivity index (χ1n) is 11.8. The number of nitrogens with zero attached hydrogens (tertiary/aromatic N) is 1. The van der Waals surface area contributed by atoms with E-state index in [0.29, 0.717) is 11.3 Å². The predicted octanol–water partition coefficient (Wildman–Crippen LogP) is 0.887. The molecule has 1 amide bonds. The maximum Gasteiger partial charge on any atom is 0.255 e. The maximum absolute atomic E-state index is 13.6. The predicted molar refractivity (Wildman–Crippen MR) is 128 cm³/mol. The van der Waals surface area contributed by atoms with Gasteiger partial charge in [-0.25, -0.2) is 8.78 Å². The smallest absolute Gasteiger partial charge is 0.255 e. The van der Waals surface area contributed by atoms with Crippen molar-refractivity contribution in [2.45, 2.75) is 37.5 Å². The van der Waals surface area contributed by atoms with E-state index in [1.807, 2.05) is 0 Å². The summed E-state index contributed by atoms with van der Waals surface area (Å²) in [6, 6.07) is 0.523. The molecule has 3 atom stereocenters. The first-order chi connectivity index (χ1) is 17.4. The Morgan fingerprint density at radius 3 is 2.43 bits per heavy atom. The molecule has 1 fully saturated rings. The van der Waals surface area contributed by atoms with E-state index in [2.05, 4.69) is 5.32 Å². The molecule has 0 spiro atoms. The highest BCUT2D eigenvalue weighted by molar-refractivity contribution is 6.22. The van der Waals surface area contributed by atoms with Crippen molar-refractivity contribution in [3.63, 3.8) is 0 Å². The first kappa shape index (κ1) is 26.6. The number of fused-ring (bicyclic) bond motifs is 3. The van der Waals surface area contributed by atoms with Gasteiger partial charge in [-0.15, -0.1) is 0 Å². The number of aliphatic hydroxyl groups is 3. The van der Waals surface area contributed by atoms with Crippen LogP contribution in [0.4, 0.5) is 14.5 Å². The van der Waals surface area contributed by atoms with E-state index in [1.165, 1.54) is 0 Å². The van der Waals surface area contributed by atoms with Crippen LogP contribution in [0.15, 0.2) is 23.0 Å². The van der Waals surface area contributed by atoms with E-state index < -0.39 is 83.6 Å². The molecule has 1 saturated carbocycles. The third-order valence-corrected chi connectivity index (χ3v) is 7.55. The van der Waals surface area contributed by atoms with Gasteiger partial charge in [-0.3, -0.25) is 14.4 Å². The van der Waals surface area contributed by atoms with Gasteiger partial charge in [-0.1, -0.05) is 0 Å². The van der Waals surface area contributed by atoms with Crippen molar-refractivity contribution in [3.8, 4) is 5.75 Å². The average Bonchev–Trinajstić information content (AvgIpc) is 2.82. The summed E-state index contributed by atoms with van der Waals surface area (Å²) in [6.07, 6.45) is -0.224. The van der Waals surface area contributed by atoms with Gasteiger partial charge >= 0.3 is 0 Å². The van der Waals surface area contributed by atoms with Crippen molar-refractivity contribution in [1.82, 2.24) is 5.32 Å². The van der Waals surface area contributed by atoms with Crippen molar-refractivity contribution in [2.75, 3.05) is 32.3 Å². The molecule has 3 aliphatic rings. The van der Waals surface area contributed by atoms with E-state index in [4.69, 9.17) is 5.73 Å². The Morgan fingerprint density at radius 2 is 1.86 bits per heavy atom. The number of phenolic OH excluding ortho intramolecular Hbond substituents is 1. The van der Waals surface area contributed by atoms with E-state index >= 15 is 0 Å². The van der Waals surface area contributed by atoms with E-state index in [0.717, 1.165) is 0 Å². The Balaban J connectivity index is 1.88. The summed E-state index contributed by atoms with van der Waals surface area (Å²) in [6.45, 7) is -2.08. The zero-order valence-electron chi connectivity index (χ0n) is 20.3. The number of Topliss-reactive ketones (excluding diaryl/α,β-unsaturated/α-hetero) is 2. The van der Waals surface area contributed by atoms with Gasteiger partial charge in [0.25, 0.3) is 5.91 Å². The summed E-state index contributed by atoms with van der Waals surface area (Å²) < 4.78 is 26.0. The number of alkyl halides is 2. The number of ketones is 2. The van der Waals surface area contributed by atoms with Gasteiger partial charge in [0.05, 0.1) is 11.6 Å². The second-order valence-electron chi connectivity index (χ2n) is 9.94. The van der Waals surface area contributed by atoms with Gasteiger partial charge in [0, 0.05) is 49.8 Å². The van der Waals surface area contributed by atoms with Crippen molar-refractivity contribution in [2.24, 2.45) is 17.6 Å². The van der Waals surface area contributed by atoms with Crippen LogP contribution in [0.5, 0.6) is 5.75 Å². The SMILES string of the molecule is CN(C)c1cc(CNC(CF)CF)c(O)c2c1CC1C[C@H]3CC(=O)C(C(N)=O)=C(O)[C@@]3(O)C(=O)C1=C2O. The Hall–Kier alpha value is -3.51. The number of hydrogen-bond acceptors (Lipinski definition) is 9. The van der Waals surface area contributed by atoms with E-state index in [9.17, 15) is 43.6 Å². The number of hydrogen-bond donors (Lipinski definition) is 6. The van der Waals surface area contributed by atoms with Crippen LogP contribution < -0.4 is 16.0 Å². The van der Waals surface area contributed by atoms with Crippen LogP contribution in [0.2, 0.25) is 0 Å². The molecular weight excluding hydrogens is 492 g/mol. The summed E-state index contributed by atoms with van der Waals surface area (Å²) >= 11 is 0. The quantitative estimate of drug-likeness (QED) is 0.285. The molecule has 0 aliphatic heterocycles. The van der Waals surface area contributed by atoms with Gasteiger partial charge in [0.1, 0.15) is 36.2 Å². The van der Waals surface area contributed by atoms with Crippen LogP contribution in [0, 0.1) is 11.8 Å². The number of halogens is 2. The topological polar surface area (TPSA) is 173 Å². The fraction of sp³-hybridized carbons (Fsp3) is 0.480. The largest absolute Gasteiger partial charge is 0.508 e. The molecule has 0 heterocycles. The minimum Gasteiger partial charge on any atom is -0.508 e. The lowest BCUT2D eigenvalue weighted by molar-refractivity contribution is -0.147. The zero-order chi connectivity index (χ0) is 27.4. The zero-order valence-corrected chi connectivity index (χ0v) is 20.3. The fourth-order valence-corrected chi connectivity index (χ4v) is 5.66. The number of phenols is 1. The number of aromatic hydroxyl groups is 1. The minimum absolute atomic E-state index is 0.0224. The molecular formula is C25H29F2N3O7. The molecule has 3 aliphatic carbocycles. The van der Waals surface area contributed by atoms with Crippen LogP contribution in [0.25, 0.3) is 5.76 Å². The molecule has 0 bridgehead atoms. The third-order valence-electron chi connectivity index (χ3n) is 7.55. The normalized spacial score (nSPS) is 25.2. The summed E-state index contributed by atoms with van der Waals surface area (Å²) in [5.74, 6) is -7.07. The number of carbonyl (C=O) groups excluding carboxylic acids is 3. The fourth-order valence-electron chi connectivity index (χ4n) is 5.66. The van der Waals surface area contributed by atoms with Crippen LogP contribution >= 0.6 is 0 Å². The van der Waals surface area contributed by atoms with Gasteiger partial charge in [0.2, 0.25) is 5.78 Å². The maximum atomic E-state index is 13.6. The molecule has 1 unspecified atom stereocenters. The number of carbonyl (C=O) groups is 3. The molecule has 0 aromatic heterocycles. The third kappa shape index (κ3) is 3.95. The van der Waals surface area contributed by atoms with Crippen molar-refractivity contribution < 1.29 is 43.6 Å². The highest BCUT2D eigenvalue weighted by Gasteiger charge is 2.60. The lowest BCUT2D eigenvalue weighted by Gasteiger charge is -2.46. The molecule has 12 heteroatoms. The molecule has 0 radical (unpaired) electrons. The molecule has 200 valence electrons. The van der Waals surface area contributed by atoms with Gasteiger partial charge in [-0.2, -0.15) is 0 Å². The lowest BCUT2D eigenvalue weighted by atomic mass is 9.59. The summed E-state index contributed by atoms with van der Waals surface area (Å²) in [5, 5.41) is 47.0. The van der Waals surface area contributed by atoms with Crippen LogP contribution in [0.1, 0.15) is 29.5 Å². The number of amides is 1. The summed E-state index contributed by atoms with van der Waals surface area (Å²) in [4.78, 5) is 39.5. The molecule has 7 N–H and O–H groups in total. The van der Waals surface area contributed by atoms with Crippen molar-refractivity contribution in [3.05, 3.63) is 39.7 Å². The van der Waals surface area contributed by atoms with Crippen molar-refractivity contribution >= 4 is 28.9 Å². The Labute approximate surface area is 211 Å². The number of nitrogens with one attached hydrogen (secondary N) is 1. The Kier molecular flexibility index (Phi) is 6.76. The Morgan fingerprint density at radius 1 is 1.22 bits per heavy atom. The molecule has 1 aromatic rings. The van der Waals surface area contributed by atoms with Gasteiger partial charge in [-0.05, 0) is 30.4 Å². The van der Waals surface area contributed by atoms with Gasteiger partial charge < -0.3 is 36.4 Å². The lowest BCUT2D eigenvalue weighted by Crippen LogP contribution is -2.58. The van der Waals surface area contributed by atoms with Crippen LogP contribution in [-0.2, 0) is 27.3 Å². The van der Waals surface area contributed by atoms with Crippen LogP contribution in [-0.4, -0.2) is 77.0 Å². The number of rotatable bonds is 7. The summed E-state index contributed by atoms with van der Waals surface area (Å²) in [5.41, 5.74) is 2.65. The molecule has 37 heavy (non-hydrogen) atoms. The molecule has 1 aromatic carbocycles. The number of anilines is 1. The number of nitrogens with two attached hydrogens (primary N) is 1. The summed E-state index contributed by atoms with van der Waals surface area (Å²) in [7, 11) is 3.45.